The van der Waals surface area contributed by atoms with Crippen molar-refractivity contribution in [2.45, 2.75) is 284 Å². The van der Waals surface area contributed by atoms with Crippen LogP contribution in [0.25, 0.3) is 0 Å². The van der Waals surface area contributed by atoms with Crippen LogP contribution >= 0.6 is 0 Å². The molecule has 0 fully saturated rings. The fourth-order valence-electron chi connectivity index (χ4n) is 7.32. The Morgan fingerprint density at radius 1 is 0.426 bits per heavy atom. The van der Waals surface area contributed by atoms with Crippen LogP contribution < -0.4 is 5.32 Å². The second kappa shape index (κ2) is 42.2. The van der Waals surface area contributed by atoms with E-state index in [0.29, 0.717) is 12.8 Å². The highest BCUT2D eigenvalue weighted by atomic mass is 16.6. The van der Waals surface area contributed by atoms with E-state index < -0.39 is 59.1 Å². The molecular formula is C56H99NO11. The first-order chi connectivity index (χ1) is 32.5. The average Bonchev–Trinajstić information content (AvgIpc) is 3.26. The van der Waals surface area contributed by atoms with Crippen LogP contribution in [0.1, 0.15) is 261 Å². The average molecular weight is 962 g/mol. The minimum Gasteiger partial charge on any atom is -0.462 e. The van der Waals surface area contributed by atoms with Crippen LogP contribution in [-0.4, -0.2) is 72.3 Å². The Labute approximate surface area is 414 Å². The second-order valence-corrected chi connectivity index (χ2v) is 20.4. The first kappa shape index (κ1) is 64.3. The zero-order valence-corrected chi connectivity index (χ0v) is 44.5. The quantitative estimate of drug-likeness (QED) is 0.0268. The van der Waals surface area contributed by atoms with Gasteiger partial charge in [-0.05, 0) is 112 Å². The fourth-order valence-corrected chi connectivity index (χ4v) is 7.32. The van der Waals surface area contributed by atoms with E-state index in [-0.39, 0.29) is 51.7 Å². The Bertz CT molecular complexity index is 1390. The van der Waals surface area contributed by atoms with Gasteiger partial charge >= 0.3 is 29.8 Å². The number of hydrogen-bond acceptors (Lipinski definition) is 11. The molecule has 1 unspecified atom stereocenters. The molecule has 2 atom stereocenters. The van der Waals surface area contributed by atoms with Crippen molar-refractivity contribution in [1.29, 1.82) is 0 Å². The molecule has 68 heavy (non-hydrogen) atoms. The lowest BCUT2D eigenvalue weighted by atomic mass is 10.1. The number of ether oxygens (including phenoxy) is 5. The van der Waals surface area contributed by atoms with E-state index in [1.807, 2.05) is 0 Å². The van der Waals surface area contributed by atoms with Crippen LogP contribution in [0.15, 0.2) is 24.3 Å². The van der Waals surface area contributed by atoms with E-state index in [1.165, 1.54) is 77.0 Å². The maximum atomic E-state index is 12.9. The molecule has 0 spiro atoms. The van der Waals surface area contributed by atoms with Crippen LogP contribution in [0.4, 0.5) is 0 Å². The second-order valence-electron chi connectivity index (χ2n) is 20.4. The van der Waals surface area contributed by atoms with Gasteiger partial charge in [0, 0.05) is 25.7 Å². The number of nitrogens with one attached hydrogen (secondary N) is 1. The van der Waals surface area contributed by atoms with Gasteiger partial charge in [0.2, 0.25) is 5.91 Å². The van der Waals surface area contributed by atoms with Gasteiger partial charge in [-0.25, -0.2) is 4.79 Å². The van der Waals surface area contributed by atoms with Gasteiger partial charge in [0.1, 0.15) is 30.5 Å². The molecule has 1 N–H and O–H groups in total. The molecular weight excluding hydrogens is 863 g/mol. The first-order valence-corrected chi connectivity index (χ1v) is 27.0. The van der Waals surface area contributed by atoms with Crippen LogP contribution in [0.2, 0.25) is 0 Å². The minimum absolute atomic E-state index is 0.0555. The highest BCUT2D eigenvalue weighted by molar-refractivity contribution is 5.87. The summed E-state index contributed by atoms with van der Waals surface area (Å²) in [5.74, 6) is -3.46. The number of rotatable bonds is 43. The molecule has 0 aromatic rings. The Kier molecular flexibility index (Phi) is 39.9. The predicted molar refractivity (Wildman–Crippen MR) is 273 cm³/mol. The SMILES string of the molecule is CCCCCCCC/C=C\CCCCCCCC(=O)OC[C@@H](COC(=O)CCC(=O)NC(CCC(=O)OC(C)(C)C)C(=O)OC(C)(C)C)OC(=O)CCCCCCC/C=C\CCCCCCCC. The molecule has 12 heteroatoms. The summed E-state index contributed by atoms with van der Waals surface area (Å²) in [6.07, 6.45) is 37.7. The highest BCUT2D eigenvalue weighted by Gasteiger charge is 2.29. The summed E-state index contributed by atoms with van der Waals surface area (Å²) in [5, 5.41) is 2.58. The summed E-state index contributed by atoms with van der Waals surface area (Å²) in [4.78, 5) is 76.6. The highest BCUT2D eigenvalue weighted by Crippen LogP contribution is 2.16. The van der Waals surface area contributed by atoms with Gasteiger partial charge < -0.3 is 29.0 Å². The molecule has 0 aromatic heterocycles. The first-order valence-electron chi connectivity index (χ1n) is 27.0. The number of allylic oxidation sites excluding steroid dienone is 4. The van der Waals surface area contributed by atoms with Gasteiger partial charge in [0.25, 0.3) is 0 Å². The zero-order valence-electron chi connectivity index (χ0n) is 44.5. The number of amides is 1. The topological polar surface area (TPSA) is 161 Å². The molecule has 394 valence electrons. The molecule has 0 rings (SSSR count). The van der Waals surface area contributed by atoms with E-state index in [9.17, 15) is 28.8 Å². The van der Waals surface area contributed by atoms with Crippen LogP contribution in [0.5, 0.6) is 0 Å². The Hall–Kier alpha value is -3.70. The zero-order chi connectivity index (χ0) is 50.7. The van der Waals surface area contributed by atoms with Crippen molar-refractivity contribution in [1.82, 2.24) is 5.32 Å². The number of unbranched alkanes of at least 4 members (excludes halogenated alkanes) is 22. The molecule has 0 aliphatic rings. The van der Waals surface area contributed by atoms with Gasteiger partial charge in [-0.2, -0.15) is 0 Å². The summed E-state index contributed by atoms with van der Waals surface area (Å²) in [6, 6.07) is -1.14. The molecule has 0 bridgehead atoms. The molecule has 1 amide bonds. The van der Waals surface area contributed by atoms with Crippen molar-refractivity contribution in [2.75, 3.05) is 13.2 Å². The smallest absolute Gasteiger partial charge is 0.329 e. The summed E-state index contributed by atoms with van der Waals surface area (Å²) in [5.41, 5.74) is -1.55. The molecule has 0 aliphatic heterocycles. The van der Waals surface area contributed by atoms with Crippen LogP contribution in [-0.2, 0) is 52.5 Å². The molecule has 0 aromatic carbocycles. The van der Waals surface area contributed by atoms with Gasteiger partial charge in [0.05, 0.1) is 6.42 Å². The number of esters is 5. The largest absolute Gasteiger partial charge is 0.462 e. The summed E-state index contributed by atoms with van der Waals surface area (Å²) in [7, 11) is 0. The van der Waals surface area contributed by atoms with E-state index in [2.05, 4.69) is 43.5 Å². The van der Waals surface area contributed by atoms with Gasteiger partial charge in [-0.15, -0.1) is 0 Å². The normalized spacial score (nSPS) is 12.8. The predicted octanol–water partition coefficient (Wildman–Crippen LogP) is 13.8. The summed E-state index contributed by atoms with van der Waals surface area (Å²) < 4.78 is 27.3. The monoisotopic (exact) mass is 962 g/mol. The van der Waals surface area contributed by atoms with E-state index in [1.54, 1.807) is 41.5 Å². The molecule has 0 saturated heterocycles. The lowest BCUT2D eigenvalue weighted by molar-refractivity contribution is -0.167. The number of hydrogen-bond donors (Lipinski definition) is 1. The molecule has 0 aliphatic carbocycles. The fraction of sp³-hybridized carbons (Fsp3) is 0.821. The van der Waals surface area contributed by atoms with E-state index in [0.717, 1.165) is 77.0 Å². The van der Waals surface area contributed by atoms with E-state index >= 15 is 0 Å². The van der Waals surface area contributed by atoms with Crippen molar-refractivity contribution in [3.05, 3.63) is 24.3 Å². The van der Waals surface area contributed by atoms with Crippen LogP contribution in [0.3, 0.4) is 0 Å². The maximum absolute atomic E-state index is 12.9. The van der Waals surface area contributed by atoms with Crippen molar-refractivity contribution in [3.63, 3.8) is 0 Å². The standard InChI is InChI=1S/C56H99NO11/c1-9-11-13-15-17-19-21-23-25-27-29-31-33-35-37-39-50(59)64-45-47(66-52(61)40-38-36-34-32-30-28-26-24-22-20-18-16-14-12-10-2)46-65-51(60)44-42-49(58)57-48(54(63)68-56(6,7)8)41-43-53(62)67-55(3,4)5/h23-26,47-48H,9-22,27-46H2,1-8H3,(H,57,58)/b25-23-,26-24-/t47-,48?/m0/s1. The third kappa shape index (κ3) is 44.8. The lowest BCUT2D eigenvalue weighted by Gasteiger charge is -2.25. The third-order valence-electron chi connectivity index (χ3n) is 11.1. The maximum Gasteiger partial charge on any atom is 0.329 e. The van der Waals surface area contributed by atoms with E-state index in [4.69, 9.17) is 23.7 Å². The molecule has 12 nitrogen and oxygen atoms in total. The van der Waals surface area contributed by atoms with Crippen molar-refractivity contribution in [2.24, 2.45) is 0 Å². The van der Waals surface area contributed by atoms with Crippen LogP contribution in [0, 0.1) is 0 Å². The third-order valence-corrected chi connectivity index (χ3v) is 11.1. The molecule has 0 radical (unpaired) electrons. The van der Waals surface area contributed by atoms with Gasteiger partial charge in [-0.1, -0.05) is 141 Å². The van der Waals surface area contributed by atoms with Gasteiger partial charge in [0.15, 0.2) is 6.10 Å². The number of carbonyl (C=O) groups is 6. The summed E-state index contributed by atoms with van der Waals surface area (Å²) in [6.45, 7) is 14.2. The number of carbonyl (C=O) groups excluding carboxylic acids is 6. The molecule has 0 heterocycles. The van der Waals surface area contributed by atoms with Crippen molar-refractivity contribution in [3.8, 4) is 0 Å². The minimum atomic E-state index is -1.14. The molecule has 0 saturated carbocycles. The summed E-state index contributed by atoms with van der Waals surface area (Å²) >= 11 is 0. The Balaban J connectivity index is 4.98. The van der Waals surface area contributed by atoms with Crippen molar-refractivity contribution < 1.29 is 52.5 Å². The Morgan fingerprint density at radius 3 is 1.24 bits per heavy atom. The Morgan fingerprint density at radius 2 is 0.809 bits per heavy atom. The van der Waals surface area contributed by atoms with Gasteiger partial charge in [-0.3, -0.25) is 24.0 Å². The lowest BCUT2D eigenvalue weighted by Crippen LogP contribution is -2.44. The van der Waals surface area contributed by atoms with Crippen molar-refractivity contribution >= 4 is 35.8 Å².